The molecule has 33 heavy (non-hydrogen) atoms. The maximum Gasteiger partial charge on any atom is 0.340 e. The lowest BCUT2D eigenvalue weighted by Crippen LogP contribution is -2.33. The summed E-state index contributed by atoms with van der Waals surface area (Å²) in [4.78, 5) is 4.14. The molecule has 2 aromatic carbocycles. The minimum Gasteiger partial charge on any atom is -0.487 e. The van der Waals surface area contributed by atoms with Crippen molar-refractivity contribution in [1.29, 1.82) is 0 Å². The molecule has 0 amide bonds. The zero-order valence-corrected chi connectivity index (χ0v) is 16.9. The molecule has 1 aliphatic rings. The minimum absolute atomic E-state index is 0.0256. The molecule has 0 bridgehead atoms. The molecule has 3 aromatic rings. The normalized spacial score (nSPS) is 18.3. The quantitative estimate of drug-likeness (QED) is 0.330. The van der Waals surface area contributed by atoms with E-state index in [0.717, 1.165) is 12.1 Å². The van der Waals surface area contributed by atoms with Crippen LogP contribution in [0.15, 0.2) is 48.8 Å². The summed E-state index contributed by atoms with van der Waals surface area (Å²) in [6, 6.07) is 9.16. The van der Waals surface area contributed by atoms with Crippen LogP contribution < -0.4 is 4.74 Å². The number of epoxide rings is 1. The van der Waals surface area contributed by atoms with Crippen molar-refractivity contribution in [1.82, 2.24) is 14.8 Å². The van der Waals surface area contributed by atoms with Gasteiger partial charge in [0.25, 0.3) is 0 Å². The van der Waals surface area contributed by atoms with Gasteiger partial charge in [-0.3, -0.25) is 0 Å². The van der Waals surface area contributed by atoms with Gasteiger partial charge in [-0.2, -0.15) is 13.9 Å². The first kappa shape index (κ1) is 22.8. The van der Waals surface area contributed by atoms with E-state index in [2.05, 4.69) is 10.1 Å². The molecule has 1 aromatic heterocycles. The third-order valence-corrected chi connectivity index (χ3v) is 4.94. The smallest absolute Gasteiger partial charge is 0.340 e. The monoisotopic (exact) mass is 469 g/mol. The Hall–Kier alpha value is -3.34. The number of benzene rings is 2. The molecule has 0 radical (unpaired) electrons. The molecule has 1 aliphatic heterocycles. The van der Waals surface area contributed by atoms with Crippen molar-refractivity contribution in [3.8, 4) is 5.75 Å². The van der Waals surface area contributed by atoms with E-state index >= 15 is 0 Å². The number of nitrogens with zero attached hydrogens (tertiary/aromatic N) is 3. The lowest BCUT2D eigenvalue weighted by atomic mass is 9.99. The number of rotatable bonds is 9. The summed E-state index contributed by atoms with van der Waals surface area (Å²) >= 11 is 0. The molecule has 11 heteroatoms. The first-order valence-corrected chi connectivity index (χ1v) is 9.73. The summed E-state index contributed by atoms with van der Waals surface area (Å²) in [6.07, 6.45) is 0.893. The highest BCUT2D eigenvalue weighted by Gasteiger charge is 2.49. The fourth-order valence-electron chi connectivity index (χ4n) is 3.09. The highest BCUT2D eigenvalue weighted by molar-refractivity contribution is 5.66. The van der Waals surface area contributed by atoms with Crippen molar-refractivity contribution >= 4 is 12.2 Å². The van der Waals surface area contributed by atoms with Crippen LogP contribution >= 0.6 is 0 Å². The zero-order valence-electron chi connectivity index (χ0n) is 16.9. The minimum atomic E-state index is -4.23. The molecule has 1 unspecified atom stereocenters. The van der Waals surface area contributed by atoms with Crippen LogP contribution in [0.4, 0.5) is 26.3 Å². The van der Waals surface area contributed by atoms with E-state index in [9.17, 15) is 26.3 Å². The van der Waals surface area contributed by atoms with E-state index in [1.54, 1.807) is 24.3 Å². The molecule has 4 rings (SSSR count). The number of hydrogen-bond acceptors (Lipinski definition) is 4. The summed E-state index contributed by atoms with van der Waals surface area (Å²) in [5.74, 6) is -5.22. The number of hydrogen-bond donors (Lipinski definition) is 0. The Balaban J connectivity index is 1.36. The Kier molecular flexibility index (Phi) is 6.15. The third kappa shape index (κ3) is 5.36. The van der Waals surface area contributed by atoms with Gasteiger partial charge in [-0.25, -0.2) is 27.2 Å². The van der Waals surface area contributed by atoms with E-state index in [0.29, 0.717) is 11.4 Å². The van der Waals surface area contributed by atoms with Crippen molar-refractivity contribution in [2.75, 3.05) is 13.2 Å². The van der Waals surface area contributed by atoms with Gasteiger partial charge in [0.2, 0.25) is 0 Å². The van der Waals surface area contributed by atoms with E-state index < -0.39 is 36.2 Å². The van der Waals surface area contributed by atoms with Crippen LogP contribution in [-0.4, -0.2) is 40.3 Å². The second kappa shape index (κ2) is 8.89. The van der Waals surface area contributed by atoms with Gasteiger partial charge in [0.05, 0.1) is 13.2 Å². The molecular formula is C22H17F6N3O2. The lowest BCUT2D eigenvalue weighted by molar-refractivity contribution is -0.148. The molecule has 0 spiro atoms. The topological polar surface area (TPSA) is 52.5 Å². The Morgan fingerprint density at radius 2 is 1.85 bits per heavy atom. The maximum atomic E-state index is 14.1. The number of halogens is 6. The molecule has 5 nitrogen and oxygen atoms in total. The predicted molar refractivity (Wildman–Crippen MR) is 106 cm³/mol. The summed E-state index contributed by atoms with van der Waals surface area (Å²) < 4.78 is 89.1. The first-order valence-electron chi connectivity index (χ1n) is 9.73. The van der Waals surface area contributed by atoms with Gasteiger partial charge < -0.3 is 9.47 Å². The second-order valence-electron chi connectivity index (χ2n) is 7.46. The first-order chi connectivity index (χ1) is 15.7. The van der Waals surface area contributed by atoms with E-state index in [1.807, 2.05) is 0 Å². The Labute approximate surface area is 184 Å². The largest absolute Gasteiger partial charge is 0.487 e. The Bertz CT molecular complexity index is 1140. The Morgan fingerprint density at radius 3 is 2.48 bits per heavy atom. The standard InChI is InChI=1S/C22H17F6N3O2/c23-15-4-7-17(18(24)9-15)21(11-33-21)10-31-13-29-19(30-31)8-3-14-1-5-16(6-2-14)32-12-22(27,28)20(25)26/h1-9,13,20H,10-12H2. The van der Waals surface area contributed by atoms with Gasteiger partial charge in [0.1, 0.15) is 29.3 Å². The van der Waals surface area contributed by atoms with Crippen molar-refractivity contribution in [2.24, 2.45) is 0 Å². The summed E-state index contributed by atoms with van der Waals surface area (Å²) in [5, 5.41) is 4.28. The molecule has 0 N–H and O–H groups in total. The van der Waals surface area contributed by atoms with Gasteiger partial charge in [-0.05, 0) is 29.8 Å². The van der Waals surface area contributed by atoms with E-state index in [-0.39, 0.29) is 24.5 Å². The van der Waals surface area contributed by atoms with Crippen LogP contribution in [0.25, 0.3) is 12.2 Å². The van der Waals surface area contributed by atoms with E-state index in [4.69, 9.17) is 9.47 Å². The van der Waals surface area contributed by atoms with Crippen LogP contribution in [0.2, 0.25) is 0 Å². The SMILES string of the molecule is Fc1ccc(C2(Cn3cnc(C=Cc4ccc(OCC(F)(F)C(F)F)cc4)n3)CO2)c(F)c1. The van der Waals surface area contributed by atoms with Gasteiger partial charge in [-0.15, -0.1) is 0 Å². The highest BCUT2D eigenvalue weighted by atomic mass is 19.3. The lowest BCUT2D eigenvalue weighted by Gasteiger charge is -2.15. The molecule has 174 valence electrons. The molecule has 1 atom stereocenters. The van der Waals surface area contributed by atoms with Gasteiger partial charge in [0.15, 0.2) is 12.4 Å². The average molecular weight is 469 g/mol. The number of alkyl halides is 4. The predicted octanol–water partition coefficient (Wildman–Crippen LogP) is 4.93. The van der Waals surface area contributed by atoms with Crippen LogP contribution in [-0.2, 0) is 16.9 Å². The molecular weight excluding hydrogens is 452 g/mol. The van der Waals surface area contributed by atoms with Crippen LogP contribution in [0.3, 0.4) is 0 Å². The van der Waals surface area contributed by atoms with E-state index in [1.165, 1.54) is 29.2 Å². The number of aromatic nitrogens is 3. The number of ether oxygens (including phenoxy) is 2. The van der Waals surface area contributed by atoms with Crippen LogP contribution in [0, 0.1) is 11.6 Å². The molecule has 0 saturated carbocycles. The second-order valence-corrected chi connectivity index (χ2v) is 7.46. The Morgan fingerprint density at radius 1 is 1.12 bits per heavy atom. The fourth-order valence-corrected chi connectivity index (χ4v) is 3.09. The van der Waals surface area contributed by atoms with Crippen molar-refractivity contribution < 1.29 is 35.8 Å². The van der Waals surface area contributed by atoms with Gasteiger partial charge in [-0.1, -0.05) is 24.3 Å². The maximum absolute atomic E-state index is 14.1. The zero-order chi connectivity index (χ0) is 23.6. The molecule has 0 aliphatic carbocycles. The molecule has 1 fully saturated rings. The van der Waals surface area contributed by atoms with Crippen molar-refractivity contribution in [3.63, 3.8) is 0 Å². The van der Waals surface area contributed by atoms with Gasteiger partial charge >= 0.3 is 12.3 Å². The van der Waals surface area contributed by atoms with Crippen LogP contribution in [0.5, 0.6) is 5.75 Å². The van der Waals surface area contributed by atoms with Gasteiger partial charge in [0, 0.05) is 11.6 Å². The van der Waals surface area contributed by atoms with Crippen molar-refractivity contribution in [2.45, 2.75) is 24.5 Å². The summed E-state index contributed by atoms with van der Waals surface area (Å²) in [5.41, 5.74) is -0.0246. The van der Waals surface area contributed by atoms with Crippen LogP contribution in [0.1, 0.15) is 17.0 Å². The average Bonchev–Trinajstić information content (AvgIpc) is 3.40. The molecule has 1 saturated heterocycles. The highest BCUT2D eigenvalue weighted by Crippen LogP contribution is 2.41. The third-order valence-electron chi connectivity index (χ3n) is 4.94. The molecule has 2 heterocycles. The summed E-state index contributed by atoms with van der Waals surface area (Å²) in [6.45, 7) is -0.974. The van der Waals surface area contributed by atoms with Crippen molar-refractivity contribution in [3.05, 3.63) is 77.4 Å². The fraction of sp³-hybridized carbons (Fsp3) is 0.273. The summed E-state index contributed by atoms with van der Waals surface area (Å²) in [7, 11) is 0.